The fraction of sp³-hybridized carbons (Fsp3) is 0.250. The van der Waals surface area contributed by atoms with Gasteiger partial charge in [-0.1, -0.05) is 25.1 Å². The monoisotopic (exact) mass is 267 g/mol. The number of aromatic nitrogens is 3. The van der Waals surface area contributed by atoms with Gasteiger partial charge < -0.3 is 9.30 Å². The van der Waals surface area contributed by atoms with Gasteiger partial charge in [0, 0.05) is 11.9 Å². The Kier molecular flexibility index (Phi) is 3.63. The number of imidazole rings is 1. The van der Waals surface area contributed by atoms with Gasteiger partial charge in [-0.25, -0.2) is 4.98 Å². The molecule has 0 spiro atoms. The molecular formula is C16H17N3O. The minimum atomic E-state index is 0.514. The topological polar surface area (TPSA) is 39.9 Å². The lowest BCUT2D eigenvalue weighted by Gasteiger charge is -2.09. The molecule has 3 aromatic rings. The zero-order valence-corrected chi connectivity index (χ0v) is 11.5. The molecule has 0 fully saturated rings. The SMILES string of the molecule is CCCn1cncc1COc1cnc2ccccc2c1. The summed E-state index contributed by atoms with van der Waals surface area (Å²) in [4.78, 5) is 8.56. The molecule has 0 aliphatic carbocycles. The number of rotatable bonds is 5. The molecule has 4 nitrogen and oxygen atoms in total. The van der Waals surface area contributed by atoms with Crippen molar-refractivity contribution in [1.29, 1.82) is 0 Å². The number of nitrogens with zero attached hydrogens (tertiary/aromatic N) is 3. The van der Waals surface area contributed by atoms with E-state index in [1.807, 2.05) is 42.9 Å². The molecule has 20 heavy (non-hydrogen) atoms. The molecule has 3 rings (SSSR count). The van der Waals surface area contributed by atoms with E-state index in [0.717, 1.165) is 35.3 Å². The molecule has 0 atom stereocenters. The van der Waals surface area contributed by atoms with Crippen LogP contribution in [-0.4, -0.2) is 14.5 Å². The average Bonchev–Trinajstić information content (AvgIpc) is 2.93. The number of hydrogen-bond acceptors (Lipinski definition) is 3. The van der Waals surface area contributed by atoms with Crippen molar-refractivity contribution in [1.82, 2.24) is 14.5 Å². The predicted molar refractivity (Wildman–Crippen MR) is 78.6 cm³/mol. The molecule has 0 N–H and O–H groups in total. The summed E-state index contributed by atoms with van der Waals surface area (Å²) in [6.45, 7) is 3.63. The van der Waals surface area contributed by atoms with Gasteiger partial charge in [-0.2, -0.15) is 0 Å². The van der Waals surface area contributed by atoms with E-state index in [1.54, 1.807) is 6.20 Å². The second kappa shape index (κ2) is 5.74. The lowest BCUT2D eigenvalue weighted by molar-refractivity contribution is 0.294. The lowest BCUT2D eigenvalue weighted by atomic mass is 10.2. The molecule has 2 heterocycles. The van der Waals surface area contributed by atoms with Crippen molar-refractivity contribution in [3.8, 4) is 5.75 Å². The van der Waals surface area contributed by atoms with Crippen LogP contribution < -0.4 is 4.74 Å². The first kappa shape index (κ1) is 12.7. The predicted octanol–water partition coefficient (Wildman–Crippen LogP) is 3.42. The van der Waals surface area contributed by atoms with E-state index < -0.39 is 0 Å². The van der Waals surface area contributed by atoms with E-state index in [-0.39, 0.29) is 0 Å². The first-order valence-corrected chi connectivity index (χ1v) is 6.83. The smallest absolute Gasteiger partial charge is 0.138 e. The third kappa shape index (κ3) is 2.64. The van der Waals surface area contributed by atoms with Crippen LogP contribution in [-0.2, 0) is 13.2 Å². The van der Waals surface area contributed by atoms with Gasteiger partial charge in [0.05, 0.1) is 29.9 Å². The number of hydrogen-bond donors (Lipinski definition) is 0. The molecule has 2 aromatic heterocycles. The van der Waals surface area contributed by atoms with Crippen molar-refractivity contribution < 1.29 is 4.74 Å². The Bertz CT molecular complexity index is 706. The highest BCUT2D eigenvalue weighted by atomic mass is 16.5. The summed E-state index contributed by atoms with van der Waals surface area (Å²) >= 11 is 0. The normalized spacial score (nSPS) is 10.8. The summed E-state index contributed by atoms with van der Waals surface area (Å²) in [6.07, 6.45) is 6.55. The molecule has 102 valence electrons. The maximum Gasteiger partial charge on any atom is 0.138 e. The van der Waals surface area contributed by atoms with Gasteiger partial charge in [-0.15, -0.1) is 0 Å². The molecule has 0 bridgehead atoms. The number of pyridine rings is 1. The average molecular weight is 267 g/mol. The van der Waals surface area contributed by atoms with Crippen LogP contribution in [0.1, 0.15) is 19.0 Å². The molecule has 0 radical (unpaired) electrons. The summed E-state index contributed by atoms with van der Waals surface area (Å²) in [5.41, 5.74) is 2.07. The standard InChI is InChI=1S/C16H17N3O/c1-2-7-19-12-17-9-14(19)11-20-15-8-13-5-3-4-6-16(13)18-10-15/h3-6,8-10,12H,2,7,11H2,1H3. The maximum absolute atomic E-state index is 5.82. The zero-order valence-electron chi connectivity index (χ0n) is 11.5. The third-order valence-corrected chi connectivity index (χ3v) is 3.22. The summed E-state index contributed by atoms with van der Waals surface area (Å²) in [6, 6.07) is 10.0. The van der Waals surface area contributed by atoms with Gasteiger partial charge in [0.1, 0.15) is 12.4 Å². The molecule has 0 saturated heterocycles. The van der Waals surface area contributed by atoms with Crippen LogP contribution in [0.5, 0.6) is 5.75 Å². The summed E-state index contributed by atoms with van der Waals surface area (Å²) in [5, 5.41) is 1.09. The fourth-order valence-corrected chi connectivity index (χ4v) is 2.20. The molecule has 0 aliphatic heterocycles. The van der Waals surface area contributed by atoms with Crippen LogP contribution in [0.2, 0.25) is 0 Å². The first-order chi connectivity index (χ1) is 9.86. The first-order valence-electron chi connectivity index (χ1n) is 6.83. The van der Waals surface area contributed by atoms with Gasteiger partial charge in [-0.3, -0.25) is 4.98 Å². The Morgan fingerprint density at radius 1 is 1.20 bits per heavy atom. The fourth-order valence-electron chi connectivity index (χ4n) is 2.20. The summed E-state index contributed by atoms with van der Waals surface area (Å²) < 4.78 is 7.94. The van der Waals surface area contributed by atoms with Crippen LogP contribution in [0.15, 0.2) is 49.1 Å². The van der Waals surface area contributed by atoms with Crippen LogP contribution >= 0.6 is 0 Å². The largest absolute Gasteiger partial charge is 0.486 e. The van der Waals surface area contributed by atoms with E-state index in [2.05, 4.69) is 21.5 Å². The lowest BCUT2D eigenvalue weighted by Crippen LogP contribution is -2.05. The molecule has 0 unspecified atom stereocenters. The van der Waals surface area contributed by atoms with Crippen molar-refractivity contribution in [3.63, 3.8) is 0 Å². The summed E-state index contributed by atoms with van der Waals surface area (Å²) in [7, 11) is 0. The Labute approximate surface area is 118 Å². The van der Waals surface area contributed by atoms with E-state index >= 15 is 0 Å². The minimum absolute atomic E-state index is 0.514. The number of ether oxygens (including phenoxy) is 1. The second-order valence-electron chi connectivity index (χ2n) is 4.73. The number of benzene rings is 1. The third-order valence-electron chi connectivity index (χ3n) is 3.22. The van der Waals surface area contributed by atoms with Gasteiger partial charge in [-0.05, 0) is 18.6 Å². The van der Waals surface area contributed by atoms with Gasteiger partial charge >= 0.3 is 0 Å². The van der Waals surface area contributed by atoms with Gasteiger partial charge in [0.2, 0.25) is 0 Å². The summed E-state index contributed by atoms with van der Waals surface area (Å²) in [5.74, 6) is 0.785. The Balaban J connectivity index is 1.74. The number of aryl methyl sites for hydroxylation is 1. The van der Waals surface area contributed by atoms with Crippen molar-refractivity contribution in [3.05, 3.63) is 54.7 Å². The van der Waals surface area contributed by atoms with Crippen molar-refractivity contribution in [2.24, 2.45) is 0 Å². The molecule has 0 amide bonds. The van der Waals surface area contributed by atoms with Crippen LogP contribution in [0, 0.1) is 0 Å². The Morgan fingerprint density at radius 3 is 3.00 bits per heavy atom. The van der Waals surface area contributed by atoms with E-state index in [4.69, 9.17) is 4.74 Å². The quantitative estimate of drug-likeness (QED) is 0.711. The van der Waals surface area contributed by atoms with E-state index in [9.17, 15) is 0 Å². The second-order valence-corrected chi connectivity index (χ2v) is 4.73. The highest BCUT2D eigenvalue weighted by Gasteiger charge is 2.03. The van der Waals surface area contributed by atoms with Crippen molar-refractivity contribution in [2.45, 2.75) is 26.5 Å². The highest BCUT2D eigenvalue weighted by Crippen LogP contribution is 2.18. The molecule has 1 aromatic carbocycles. The van der Waals surface area contributed by atoms with Crippen LogP contribution in [0.3, 0.4) is 0 Å². The highest BCUT2D eigenvalue weighted by molar-refractivity contribution is 5.79. The minimum Gasteiger partial charge on any atom is -0.486 e. The molecule has 4 heteroatoms. The molecular weight excluding hydrogens is 250 g/mol. The van der Waals surface area contributed by atoms with Gasteiger partial charge in [0.15, 0.2) is 0 Å². The van der Waals surface area contributed by atoms with Crippen molar-refractivity contribution >= 4 is 10.9 Å². The van der Waals surface area contributed by atoms with E-state index in [1.165, 1.54) is 0 Å². The van der Waals surface area contributed by atoms with Crippen LogP contribution in [0.25, 0.3) is 10.9 Å². The van der Waals surface area contributed by atoms with Gasteiger partial charge in [0.25, 0.3) is 0 Å². The van der Waals surface area contributed by atoms with E-state index in [0.29, 0.717) is 6.61 Å². The van der Waals surface area contributed by atoms with Crippen molar-refractivity contribution in [2.75, 3.05) is 0 Å². The van der Waals surface area contributed by atoms with Crippen LogP contribution in [0.4, 0.5) is 0 Å². The Hall–Kier alpha value is -2.36. The zero-order chi connectivity index (χ0) is 13.8. The molecule has 0 aliphatic rings. The maximum atomic E-state index is 5.82. The molecule has 0 saturated carbocycles. The Morgan fingerprint density at radius 2 is 2.10 bits per heavy atom. The number of para-hydroxylation sites is 1. The number of fused-ring (bicyclic) bond motifs is 1.